The van der Waals surface area contributed by atoms with E-state index in [1.807, 2.05) is 59.3 Å². The lowest BCUT2D eigenvalue weighted by Gasteiger charge is -2.24. The molecule has 0 spiro atoms. The molecular formula is C23H20N2O3S. The predicted molar refractivity (Wildman–Crippen MR) is 115 cm³/mol. The number of benzene rings is 2. The van der Waals surface area contributed by atoms with E-state index in [1.165, 1.54) is 0 Å². The SMILES string of the molecule is CC1(Cc2ccccc2)NC(=O)C(C(=O)Nc2ccc(-c3ccsc3)cc2)=C1O. The van der Waals surface area contributed by atoms with Gasteiger partial charge in [0.1, 0.15) is 11.3 Å². The van der Waals surface area contributed by atoms with E-state index in [1.54, 1.807) is 30.4 Å². The summed E-state index contributed by atoms with van der Waals surface area (Å²) in [5.41, 5.74) is 2.39. The highest BCUT2D eigenvalue weighted by molar-refractivity contribution is 7.08. The van der Waals surface area contributed by atoms with Gasteiger partial charge in [-0.1, -0.05) is 42.5 Å². The molecule has 1 atom stereocenters. The molecule has 3 aromatic rings. The number of nitrogens with one attached hydrogen (secondary N) is 2. The van der Waals surface area contributed by atoms with Crippen LogP contribution in [-0.2, 0) is 16.0 Å². The van der Waals surface area contributed by atoms with Gasteiger partial charge in [-0.2, -0.15) is 11.3 Å². The molecule has 1 aromatic heterocycles. The van der Waals surface area contributed by atoms with Crippen molar-refractivity contribution in [1.82, 2.24) is 5.32 Å². The Bertz CT molecular complexity index is 1070. The van der Waals surface area contributed by atoms with Crippen molar-refractivity contribution in [2.24, 2.45) is 0 Å². The monoisotopic (exact) mass is 404 g/mol. The normalized spacial score (nSPS) is 18.6. The molecule has 1 aliphatic rings. The summed E-state index contributed by atoms with van der Waals surface area (Å²) >= 11 is 1.62. The molecule has 0 fully saturated rings. The largest absolute Gasteiger partial charge is 0.509 e. The molecule has 1 aliphatic heterocycles. The molecule has 2 amide bonds. The Balaban J connectivity index is 1.52. The van der Waals surface area contributed by atoms with Gasteiger partial charge in [-0.05, 0) is 52.6 Å². The van der Waals surface area contributed by atoms with Crippen LogP contribution in [0.1, 0.15) is 12.5 Å². The van der Waals surface area contributed by atoms with E-state index < -0.39 is 17.4 Å². The fourth-order valence-corrected chi connectivity index (χ4v) is 4.13. The molecule has 2 heterocycles. The molecule has 0 saturated carbocycles. The van der Waals surface area contributed by atoms with Crippen LogP contribution in [0.2, 0.25) is 0 Å². The van der Waals surface area contributed by atoms with E-state index in [2.05, 4.69) is 10.6 Å². The summed E-state index contributed by atoms with van der Waals surface area (Å²) in [6.45, 7) is 1.71. The summed E-state index contributed by atoms with van der Waals surface area (Å²) in [6.07, 6.45) is 0.386. The third kappa shape index (κ3) is 3.79. The summed E-state index contributed by atoms with van der Waals surface area (Å²) < 4.78 is 0. The van der Waals surface area contributed by atoms with Crippen molar-refractivity contribution in [3.8, 4) is 11.1 Å². The number of hydrogen-bond donors (Lipinski definition) is 3. The Morgan fingerprint density at radius 3 is 2.45 bits per heavy atom. The van der Waals surface area contributed by atoms with Crippen molar-refractivity contribution in [3.63, 3.8) is 0 Å². The minimum absolute atomic E-state index is 0.237. The highest BCUT2D eigenvalue weighted by Gasteiger charge is 2.44. The zero-order valence-electron chi connectivity index (χ0n) is 15.8. The van der Waals surface area contributed by atoms with E-state index >= 15 is 0 Å². The summed E-state index contributed by atoms with van der Waals surface area (Å²) in [5, 5.41) is 20.2. The first-order valence-electron chi connectivity index (χ1n) is 9.20. The van der Waals surface area contributed by atoms with Crippen LogP contribution in [0, 0.1) is 0 Å². The first-order valence-corrected chi connectivity index (χ1v) is 10.1. The second kappa shape index (κ2) is 7.56. The molecule has 5 nitrogen and oxygen atoms in total. The summed E-state index contributed by atoms with van der Waals surface area (Å²) in [4.78, 5) is 25.1. The highest BCUT2D eigenvalue weighted by Crippen LogP contribution is 2.30. The van der Waals surface area contributed by atoms with Gasteiger partial charge in [0.05, 0.1) is 5.54 Å². The predicted octanol–water partition coefficient (Wildman–Crippen LogP) is 4.30. The number of rotatable bonds is 5. The van der Waals surface area contributed by atoms with Crippen molar-refractivity contribution in [2.45, 2.75) is 18.9 Å². The number of hydrogen-bond acceptors (Lipinski definition) is 4. The first-order chi connectivity index (χ1) is 14.0. The lowest BCUT2D eigenvalue weighted by molar-refractivity contribution is -0.121. The van der Waals surface area contributed by atoms with Gasteiger partial charge in [-0.3, -0.25) is 9.59 Å². The highest BCUT2D eigenvalue weighted by atomic mass is 32.1. The van der Waals surface area contributed by atoms with Gasteiger partial charge in [-0.25, -0.2) is 0 Å². The molecule has 1 unspecified atom stereocenters. The molecule has 146 valence electrons. The molecule has 0 aliphatic carbocycles. The second-order valence-electron chi connectivity index (χ2n) is 7.22. The molecule has 4 rings (SSSR count). The second-order valence-corrected chi connectivity index (χ2v) is 8.00. The van der Waals surface area contributed by atoms with Crippen LogP contribution in [0.25, 0.3) is 11.1 Å². The minimum atomic E-state index is -1.02. The van der Waals surface area contributed by atoms with E-state index in [0.29, 0.717) is 12.1 Å². The van der Waals surface area contributed by atoms with Gasteiger partial charge in [0.2, 0.25) is 0 Å². The van der Waals surface area contributed by atoms with Gasteiger partial charge in [0.25, 0.3) is 11.8 Å². The Labute approximate surface area is 172 Å². The van der Waals surface area contributed by atoms with Gasteiger partial charge in [-0.15, -0.1) is 0 Å². The van der Waals surface area contributed by atoms with E-state index in [0.717, 1.165) is 16.7 Å². The quantitative estimate of drug-likeness (QED) is 0.555. The minimum Gasteiger partial charge on any atom is -0.509 e. The summed E-state index contributed by atoms with van der Waals surface area (Å²) in [6, 6.07) is 18.9. The first kappa shape index (κ1) is 19.0. The maximum Gasteiger partial charge on any atom is 0.264 e. The van der Waals surface area contributed by atoms with E-state index in [9.17, 15) is 14.7 Å². The smallest absolute Gasteiger partial charge is 0.264 e. The Morgan fingerprint density at radius 2 is 1.79 bits per heavy atom. The van der Waals surface area contributed by atoms with Gasteiger partial charge in [0.15, 0.2) is 0 Å². The van der Waals surface area contributed by atoms with Crippen LogP contribution in [0.15, 0.2) is 82.8 Å². The lowest BCUT2D eigenvalue weighted by atomic mass is 9.91. The van der Waals surface area contributed by atoms with Crippen molar-refractivity contribution >= 4 is 28.8 Å². The van der Waals surface area contributed by atoms with Crippen molar-refractivity contribution in [1.29, 1.82) is 0 Å². The maximum atomic E-state index is 12.7. The van der Waals surface area contributed by atoms with Crippen LogP contribution in [-0.4, -0.2) is 22.5 Å². The molecule has 3 N–H and O–H groups in total. The molecule has 0 radical (unpaired) electrons. The molecular weight excluding hydrogens is 384 g/mol. The topological polar surface area (TPSA) is 78.4 Å². The van der Waals surface area contributed by atoms with E-state index in [-0.39, 0.29) is 11.3 Å². The fourth-order valence-electron chi connectivity index (χ4n) is 3.47. The lowest BCUT2D eigenvalue weighted by Crippen LogP contribution is -2.43. The Hall–Kier alpha value is -3.38. The third-order valence-electron chi connectivity index (χ3n) is 5.00. The van der Waals surface area contributed by atoms with Crippen molar-refractivity contribution in [3.05, 3.63) is 88.3 Å². The average molecular weight is 404 g/mol. The van der Waals surface area contributed by atoms with Gasteiger partial charge >= 0.3 is 0 Å². The molecule has 2 aromatic carbocycles. The Morgan fingerprint density at radius 1 is 1.07 bits per heavy atom. The van der Waals surface area contributed by atoms with Crippen LogP contribution >= 0.6 is 11.3 Å². The van der Waals surface area contributed by atoms with Crippen LogP contribution in [0.3, 0.4) is 0 Å². The number of thiophene rings is 1. The summed E-state index contributed by atoms with van der Waals surface area (Å²) in [7, 11) is 0. The molecule has 0 bridgehead atoms. The van der Waals surface area contributed by atoms with Crippen molar-refractivity contribution in [2.75, 3.05) is 5.32 Å². The van der Waals surface area contributed by atoms with E-state index in [4.69, 9.17) is 0 Å². The summed E-state index contributed by atoms with van der Waals surface area (Å²) in [5.74, 6) is -1.44. The van der Waals surface area contributed by atoms with Crippen LogP contribution in [0.4, 0.5) is 5.69 Å². The van der Waals surface area contributed by atoms with Crippen molar-refractivity contribution < 1.29 is 14.7 Å². The zero-order chi connectivity index (χ0) is 20.4. The number of aliphatic hydroxyl groups is 1. The molecule has 0 saturated heterocycles. The Kier molecular flexibility index (Phi) is 4.94. The number of anilines is 1. The number of carbonyl (C=O) groups excluding carboxylic acids is 2. The zero-order valence-corrected chi connectivity index (χ0v) is 16.6. The number of carbonyl (C=O) groups is 2. The standard InChI is InChI=1S/C23H20N2O3S/c1-23(13-15-5-3-2-4-6-15)20(26)19(22(28)25-23)21(27)24-18-9-7-16(8-10-18)17-11-12-29-14-17/h2-12,14,26H,13H2,1H3,(H,24,27)(H,25,28). The average Bonchev–Trinajstić information content (AvgIpc) is 3.30. The molecule has 29 heavy (non-hydrogen) atoms. The number of amides is 2. The fraction of sp³-hybridized carbons (Fsp3) is 0.130. The number of aliphatic hydroxyl groups excluding tert-OH is 1. The van der Waals surface area contributed by atoms with Gasteiger partial charge in [0, 0.05) is 12.1 Å². The maximum absolute atomic E-state index is 12.7. The third-order valence-corrected chi connectivity index (χ3v) is 5.68. The van der Waals surface area contributed by atoms with Gasteiger partial charge < -0.3 is 15.7 Å². The van der Waals surface area contributed by atoms with Crippen LogP contribution in [0.5, 0.6) is 0 Å². The molecule has 6 heteroatoms. The van der Waals surface area contributed by atoms with Crippen LogP contribution < -0.4 is 10.6 Å².